The van der Waals surface area contributed by atoms with Gasteiger partial charge in [-0.05, 0) is 19.3 Å². The van der Waals surface area contributed by atoms with Crippen molar-refractivity contribution in [1.82, 2.24) is 0 Å². The molecule has 0 aromatic carbocycles. The first kappa shape index (κ1) is 9.01. The zero-order valence-electron chi connectivity index (χ0n) is 7.05. The minimum Gasteiger partial charge on any atom is -0.378 e. The van der Waals surface area contributed by atoms with Gasteiger partial charge in [-0.25, -0.2) is 5.11 Å². The molecule has 0 amide bonds. The lowest BCUT2D eigenvalue weighted by atomic mass is 9.98. The molecule has 1 rings (SSSR count). The molecule has 2 nitrogen and oxygen atoms in total. The Balaban J connectivity index is 1.96. The van der Waals surface area contributed by atoms with Gasteiger partial charge in [0.2, 0.25) is 0 Å². The molecule has 0 aromatic rings. The highest BCUT2D eigenvalue weighted by Crippen LogP contribution is 2.20. The summed E-state index contributed by atoms with van der Waals surface area (Å²) in [4.78, 5) is 0. The first-order valence-corrected chi connectivity index (χ1v) is 4.63. The molecule has 0 aliphatic heterocycles. The summed E-state index contributed by atoms with van der Waals surface area (Å²) in [6, 6.07) is 0. The number of rotatable bonds is 4. The van der Waals surface area contributed by atoms with E-state index in [1.54, 1.807) is 0 Å². The molecule has 0 unspecified atom stereocenters. The lowest BCUT2D eigenvalue weighted by Gasteiger charge is -2.21. The lowest BCUT2D eigenvalue weighted by Crippen LogP contribution is -2.17. The molecule has 0 heterocycles. The first-order chi connectivity index (χ1) is 5.43. The van der Waals surface area contributed by atoms with Crippen LogP contribution in [-0.2, 0) is 9.84 Å². The van der Waals surface area contributed by atoms with Crippen LogP contribution in [0.25, 0.3) is 0 Å². The second kappa shape index (κ2) is 5.56. The molecule has 11 heavy (non-hydrogen) atoms. The molecule has 1 radical (unpaired) electrons. The molecule has 0 N–H and O–H groups in total. The fourth-order valence-electron chi connectivity index (χ4n) is 1.54. The molecule has 1 aliphatic rings. The summed E-state index contributed by atoms with van der Waals surface area (Å²) in [5, 5.41) is 10.1. The van der Waals surface area contributed by atoms with Crippen molar-refractivity contribution in [2.45, 2.75) is 44.6 Å². The number of hydrogen-bond donors (Lipinski definition) is 0. The molecule has 1 fully saturated rings. The van der Waals surface area contributed by atoms with Crippen LogP contribution < -0.4 is 0 Å². The third kappa shape index (κ3) is 3.73. The van der Waals surface area contributed by atoms with Crippen molar-refractivity contribution >= 4 is 0 Å². The summed E-state index contributed by atoms with van der Waals surface area (Å²) in [6.07, 6.45) is 7.54. The van der Waals surface area contributed by atoms with Crippen molar-refractivity contribution in [3.05, 3.63) is 0 Å². The largest absolute Gasteiger partial charge is 0.378 e. The third-order valence-corrected chi connectivity index (χ3v) is 2.19. The van der Waals surface area contributed by atoms with Gasteiger partial charge in [-0.1, -0.05) is 19.3 Å². The monoisotopic (exact) mass is 157 g/mol. The standard InChI is InChI=1S/C9H17O2/c10-7-4-8-11-9-5-2-1-3-6-9/h9H,1-8H2. The van der Waals surface area contributed by atoms with Crippen LogP contribution in [-0.4, -0.2) is 19.3 Å². The van der Waals surface area contributed by atoms with Crippen molar-refractivity contribution in [3.63, 3.8) is 0 Å². The second-order valence-electron chi connectivity index (χ2n) is 3.19. The minimum absolute atomic E-state index is 0.00667. The molecule has 0 aromatic heterocycles. The molecule has 0 bridgehead atoms. The highest BCUT2D eigenvalue weighted by molar-refractivity contribution is 4.64. The summed E-state index contributed by atoms with van der Waals surface area (Å²) in [5.41, 5.74) is 0. The zero-order chi connectivity index (χ0) is 7.94. The van der Waals surface area contributed by atoms with Crippen molar-refractivity contribution < 1.29 is 9.84 Å². The molecule has 2 heteroatoms. The minimum atomic E-state index is 0.00667. The predicted octanol–water partition coefficient (Wildman–Crippen LogP) is 2.16. The maximum Gasteiger partial charge on any atom is 0.0844 e. The van der Waals surface area contributed by atoms with Crippen LogP contribution in [0, 0.1) is 0 Å². The SMILES string of the molecule is [O]CCCOC1CCCCC1. The van der Waals surface area contributed by atoms with E-state index in [-0.39, 0.29) is 6.61 Å². The van der Waals surface area contributed by atoms with Gasteiger partial charge in [0, 0.05) is 6.61 Å². The maximum absolute atomic E-state index is 10.1. The van der Waals surface area contributed by atoms with E-state index in [2.05, 4.69) is 0 Å². The highest BCUT2D eigenvalue weighted by atomic mass is 16.5. The van der Waals surface area contributed by atoms with Crippen molar-refractivity contribution in [2.24, 2.45) is 0 Å². The van der Waals surface area contributed by atoms with Crippen LogP contribution in [0.3, 0.4) is 0 Å². The average molecular weight is 157 g/mol. The topological polar surface area (TPSA) is 29.1 Å². The van der Waals surface area contributed by atoms with Crippen LogP contribution in [0.4, 0.5) is 0 Å². The molecular formula is C9H17O2. The van der Waals surface area contributed by atoms with E-state index in [0.717, 1.165) is 0 Å². The summed E-state index contributed by atoms with van der Waals surface area (Å²) >= 11 is 0. The van der Waals surface area contributed by atoms with Crippen LogP contribution in [0.2, 0.25) is 0 Å². The van der Waals surface area contributed by atoms with Gasteiger partial charge in [-0.15, -0.1) is 0 Å². The fraction of sp³-hybridized carbons (Fsp3) is 1.00. The van der Waals surface area contributed by atoms with Crippen LogP contribution in [0.15, 0.2) is 0 Å². The molecule has 0 saturated heterocycles. The van der Waals surface area contributed by atoms with Gasteiger partial charge in [0.1, 0.15) is 0 Å². The van der Waals surface area contributed by atoms with E-state index in [1.165, 1.54) is 32.1 Å². The Labute approximate surface area is 68.6 Å². The average Bonchev–Trinajstić information content (AvgIpc) is 2.07. The zero-order valence-corrected chi connectivity index (χ0v) is 7.05. The Bertz CT molecular complexity index is 87.6. The first-order valence-electron chi connectivity index (χ1n) is 4.63. The van der Waals surface area contributed by atoms with Gasteiger partial charge < -0.3 is 4.74 Å². The van der Waals surface area contributed by atoms with Gasteiger partial charge in [-0.2, -0.15) is 0 Å². The summed E-state index contributed by atoms with van der Waals surface area (Å²) in [5.74, 6) is 0. The van der Waals surface area contributed by atoms with E-state index in [4.69, 9.17) is 4.74 Å². The Morgan fingerprint density at radius 1 is 1.18 bits per heavy atom. The molecule has 0 atom stereocenters. The summed E-state index contributed by atoms with van der Waals surface area (Å²) in [7, 11) is 0. The molecule has 65 valence electrons. The third-order valence-electron chi connectivity index (χ3n) is 2.19. The van der Waals surface area contributed by atoms with Crippen molar-refractivity contribution in [1.29, 1.82) is 0 Å². The normalized spacial score (nSPS) is 20.5. The van der Waals surface area contributed by atoms with Gasteiger partial charge >= 0.3 is 0 Å². The Morgan fingerprint density at radius 2 is 1.91 bits per heavy atom. The second-order valence-corrected chi connectivity index (χ2v) is 3.19. The van der Waals surface area contributed by atoms with Crippen molar-refractivity contribution in [2.75, 3.05) is 13.2 Å². The van der Waals surface area contributed by atoms with Crippen LogP contribution in [0.1, 0.15) is 38.5 Å². The number of hydrogen-bond acceptors (Lipinski definition) is 1. The van der Waals surface area contributed by atoms with Gasteiger partial charge in [0.25, 0.3) is 0 Å². The molecule has 1 aliphatic carbocycles. The fourth-order valence-corrected chi connectivity index (χ4v) is 1.54. The molecule has 1 saturated carbocycles. The van der Waals surface area contributed by atoms with E-state index in [1.807, 2.05) is 0 Å². The highest BCUT2D eigenvalue weighted by Gasteiger charge is 2.12. The maximum atomic E-state index is 10.1. The van der Waals surface area contributed by atoms with E-state index < -0.39 is 0 Å². The van der Waals surface area contributed by atoms with Gasteiger partial charge in [0.15, 0.2) is 0 Å². The lowest BCUT2D eigenvalue weighted by molar-refractivity contribution is 0.0168. The Kier molecular flexibility index (Phi) is 4.55. The van der Waals surface area contributed by atoms with E-state index in [0.29, 0.717) is 19.1 Å². The van der Waals surface area contributed by atoms with Gasteiger partial charge in [-0.3, -0.25) is 0 Å². The van der Waals surface area contributed by atoms with Crippen molar-refractivity contribution in [3.8, 4) is 0 Å². The predicted molar refractivity (Wildman–Crippen MR) is 43.0 cm³/mol. The van der Waals surface area contributed by atoms with E-state index >= 15 is 0 Å². The smallest absolute Gasteiger partial charge is 0.0844 e. The van der Waals surface area contributed by atoms with Crippen LogP contribution >= 0.6 is 0 Å². The summed E-state index contributed by atoms with van der Waals surface area (Å²) in [6.45, 7) is 0.681. The quantitative estimate of drug-likeness (QED) is 0.575. The van der Waals surface area contributed by atoms with Gasteiger partial charge in [0.05, 0.1) is 12.7 Å². The summed E-state index contributed by atoms with van der Waals surface area (Å²) < 4.78 is 5.52. The van der Waals surface area contributed by atoms with E-state index in [9.17, 15) is 5.11 Å². The number of ether oxygens (including phenoxy) is 1. The molecule has 0 spiro atoms. The molecular weight excluding hydrogens is 140 g/mol. The Hall–Kier alpha value is -0.0800. The Morgan fingerprint density at radius 3 is 2.55 bits per heavy atom. The van der Waals surface area contributed by atoms with Crippen LogP contribution in [0.5, 0.6) is 0 Å².